The van der Waals surface area contributed by atoms with Crippen LogP contribution in [0.5, 0.6) is 0 Å². The molecule has 2 heterocycles. The lowest BCUT2D eigenvalue weighted by atomic mass is 10.1. The second-order valence-electron chi connectivity index (χ2n) is 7.01. The maximum Gasteiger partial charge on any atom is 0.298 e. The fourth-order valence-corrected chi connectivity index (χ4v) is 3.88. The summed E-state index contributed by atoms with van der Waals surface area (Å²) in [7, 11) is 0. The number of nitrogens with zero attached hydrogens (tertiary/aromatic N) is 2. The van der Waals surface area contributed by atoms with Crippen molar-refractivity contribution in [2.45, 2.75) is 31.7 Å². The quantitative estimate of drug-likeness (QED) is 0.622. The molecule has 1 aliphatic rings. The van der Waals surface area contributed by atoms with Crippen LogP contribution < -0.4 is 10.2 Å². The number of amides is 1. The minimum Gasteiger partial charge on any atom is -0.423 e. The Morgan fingerprint density at radius 3 is 2.89 bits per heavy atom. The van der Waals surface area contributed by atoms with Crippen LogP contribution in [0.25, 0.3) is 11.1 Å². The highest BCUT2D eigenvalue weighted by atomic mass is 35.5. The molecular weight excluding hydrogens is 397 g/mol. The predicted octanol–water partition coefficient (Wildman–Crippen LogP) is 4.85. The Bertz CT molecular complexity index is 956. The third-order valence-electron chi connectivity index (χ3n) is 5.07. The van der Waals surface area contributed by atoms with E-state index in [1.807, 2.05) is 36.4 Å². The second kappa shape index (κ2) is 8.41. The van der Waals surface area contributed by atoms with Gasteiger partial charge in [-0.05, 0) is 49.1 Å². The summed E-state index contributed by atoms with van der Waals surface area (Å²) in [6.07, 6.45) is 3.10. The zero-order chi connectivity index (χ0) is 19.5. The van der Waals surface area contributed by atoms with Gasteiger partial charge in [0.2, 0.25) is 5.91 Å². The van der Waals surface area contributed by atoms with E-state index in [0.717, 1.165) is 36.0 Å². The summed E-state index contributed by atoms with van der Waals surface area (Å²) in [5.41, 5.74) is 2.64. The number of benzene rings is 2. The van der Waals surface area contributed by atoms with Crippen molar-refractivity contribution in [1.29, 1.82) is 0 Å². The second-order valence-corrected chi connectivity index (χ2v) is 7.82. The van der Waals surface area contributed by atoms with Crippen LogP contribution in [0, 0.1) is 0 Å². The minimum absolute atomic E-state index is 0.0236. The Morgan fingerprint density at radius 1 is 1.21 bits per heavy atom. The van der Waals surface area contributed by atoms with Crippen molar-refractivity contribution in [2.75, 3.05) is 18.0 Å². The minimum atomic E-state index is 0.0236. The number of anilines is 1. The fourth-order valence-electron chi connectivity index (χ4n) is 3.56. The molecule has 1 N–H and O–H groups in total. The van der Waals surface area contributed by atoms with Crippen LogP contribution in [-0.4, -0.2) is 30.0 Å². The lowest BCUT2D eigenvalue weighted by molar-refractivity contribution is -0.121. The molecule has 146 valence electrons. The topological polar surface area (TPSA) is 58.4 Å². The van der Waals surface area contributed by atoms with Crippen LogP contribution in [-0.2, 0) is 11.2 Å². The lowest BCUT2D eigenvalue weighted by Gasteiger charge is -2.23. The van der Waals surface area contributed by atoms with E-state index in [-0.39, 0.29) is 11.9 Å². The molecule has 1 amide bonds. The zero-order valence-corrected chi connectivity index (χ0v) is 16.8. The first kappa shape index (κ1) is 19.1. The molecule has 7 heteroatoms. The zero-order valence-electron chi connectivity index (χ0n) is 15.3. The van der Waals surface area contributed by atoms with Gasteiger partial charge in [-0.3, -0.25) is 4.79 Å². The Hall–Kier alpha value is -2.24. The van der Waals surface area contributed by atoms with E-state index in [4.69, 9.17) is 27.6 Å². The highest BCUT2D eigenvalue weighted by molar-refractivity contribution is 6.42. The number of carbonyl (C=O) groups excluding carboxylic acids is 1. The largest absolute Gasteiger partial charge is 0.423 e. The number of para-hydroxylation sites is 2. The summed E-state index contributed by atoms with van der Waals surface area (Å²) < 4.78 is 5.89. The number of fused-ring (bicyclic) bond motifs is 1. The first-order valence-corrected chi connectivity index (χ1v) is 10.2. The van der Waals surface area contributed by atoms with E-state index in [1.54, 1.807) is 6.07 Å². The van der Waals surface area contributed by atoms with Crippen molar-refractivity contribution < 1.29 is 9.21 Å². The molecule has 5 nitrogen and oxygen atoms in total. The van der Waals surface area contributed by atoms with Gasteiger partial charge in [-0.15, -0.1) is 0 Å². The summed E-state index contributed by atoms with van der Waals surface area (Å²) in [4.78, 5) is 19.0. The molecule has 2 aromatic carbocycles. The van der Waals surface area contributed by atoms with Crippen LogP contribution in [0.3, 0.4) is 0 Å². The molecule has 1 fully saturated rings. The Kier molecular flexibility index (Phi) is 5.74. The van der Waals surface area contributed by atoms with Crippen LogP contribution in [0.15, 0.2) is 46.9 Å². The maximum atomic E-state index is 12.3. The smallest absolute Gasteiger partial charge is 0.298 e. The Labute approximate surface area is 173 Å². The SMILES string of the molecule is O=C(CCc1ccc(Cl)c(Cl)c1)NCC1CCCN1c1nc2ccccc2o1. The molecule has 4 rings (SSSR count). The third-order valence-corrected chi connectivity index (χ3v) is 5.80. The average Bonchev–Trinajstić information content (AvgIpc) is 3.33. The van der Waals surface area contributed by atoms with Gasteiger partial charge in [-0.1, -0.05) is 41.4 Å². The lowest BCUT2D eigenvalue weighted by Crippen LogP contribution is -2.40. The van der Waals surface area contributed by atoms with E-state index in [1.165, 1.54) is 0 Å². The van der Waals surface area contributed by atoms with E-state index in [9.17, 15) is 4.79 Å². The molecule has 28 heavy (non-hydrogen) atoms. The molecule has 1 atom stereocenters. The summed E-state index contributed by atoms with van der Waals surface area (Å²) in [6, 6.07) is 14.0. The van der Waals surface area contributed by atoms with Crippen molar-refractivity contribution in [3.63, 3.8) is 0 Å². The molecular formula is C21H21Cl2N3O2. The van der Waals surface area contributed by atoms with E-state index < -0.39 is 0 Å². The highest BCUT2D eigenvalue weighted by Crippen LogP contribution is 2.28. The van der Waals surface area contributed by atoms with Crippen LogP contribution in [0.4, 0.5) is 6.01 Å². The van der Waals surface area contributed by atoms with Crippen molar-refractivity contribution >= 4 is 46.2 Å². The predicted molar refractivity (Wildman–Crippen MR) is 112 cm³/mol. The van der Waals surface area contributed by atoms with Gasteiger partial charge >= 0.3 is 0 Å². The van der Waals surface area contributed by atoms with Gasteiger partial charge in [0.15, 0.2) is 5.58 Å². The van der Waals surface area contributed by atoms with Crippen molar-refractivity contribution in [2.24, 2.45) is 0 Å². The van der Waals surface area contributed by atoms with E-state index in [2.05, 4.69) is 15.2 Å². The molecule has 1 aliphatic heterocycles. The average molecular weight is 418 g/mol. The molecule has 0 radical (unpaired) electrons. The molecule has 1 aromatic heterocycles. The molecule has 3 aromatic rings. The van der Waals surface area contributed by atoms with Gasteiger partial charge in [0, 0.05) is 19.5 Å². The number of nitrogens with one attached hydrogen (secondary N) is 1. The number of halogens is 2. The number of aryl methyl sites for hydroxylation is 1. The molecule has 0 aliphatic carbocycles. The maximum absolute atomic E-state index is 12.3. The highest BCUT2D eigenvalue weighted by Gasteiger charge is 2.28. The van der Waals surface area contributed by atoms with Gasteiger partial charge in [0.1, 0.15) is 5.52 Å². The molecule has 1 saturated heterocycles. The Morgan fingerprint density at radius 2 is 2.07 bits per heavy atom. The molecule has 0 spiro atoms. The summed E-state index contributed by atoms with van der Waals surface area (Å²) >= 11 is 12.0. The fraction of sp³-hybridized carbons (Fsp3) is 0.333. The van der Waals surface area contributed by atoms with Gasteiger partial charge in [-0.2, -0.15) is 4.98 Å². The molecule has 0 saturated carbocycles. The first-order valence-electron chi connectivity index (χ1n) is 9.43. The van der Waals surface area contributed by atoms with E-state index in [0.29, 0.717) is 35.4 Å². The molecule has 1 unspecified atom stereocenters. The monoisotopic (exact) mass is 417 g/mol. The van der Waals surface area contributed by atoms with Crippen LogP contribution >= 0.6 is 23.2 Å². The third kappa shape index (κ3) is 4.26. The number of hydrogen-bond acceptors (Lipinski definition) is 4. The standard InChI is InChI=1S/C21H21Cl2N3O2/c22-16-9-7-14(12-17(16)23)8-10-20(27)24-13-15-4-3-11-26(15)21-25-18-5-1-2-6-19(18)28-21/h1-2,5-7,9,12,15H,3-4,8,10-11,13H2,(H,24,27). The van der Waals surface area contributed by atoms with Gasteiger partial charge in [0.05, 0.1) is 16.1 Å². The normalized spacial score (nSPS) is 16.6. The van der Waals surface area contributed by atoms with Crippen LogP contribution in [0.2, 0.25) is 10.0 Å². The summed E-state index contributed by atoms with van der Waals surface area (Å²) in [5.74, 6) is 0.0236. The number of aromatic nitrogens is 1. The first-order chi connectivity index (χ1) is 13.6. The van der Waals surface area contributed by atoms with E-state index >= 15 is 0 Å². The van der Waals surface area contributed by atoms with Crippen molar-refractivity contribution in [1.82, 2.24) is 10.3 Å². The van der Waals surface area contributed by atoms with Gasteiger partial charge in [-0.25, -0.2) is 0 Å². The van der Waals surface area contributed by atoms with Gasteiger partial charge in [0.25, 0.3) is 6.01 Å². The molecule has 0 bridgehead atoms. The number of rotatable bonds is 6. The van der Waals surface area contributed by atoms with Gasteiger partial charge < -0.3 is 14.6 Å². The van der Waals surface area contributed by atoms with Crippen LogP contribution in [0.1, 0.15) is 24.8 Å². The van der Waals surface area contributed by atoms with Crippen molar-refractivity contribution in [3.05, 3.63) is 58.1 Å². The Balaban J connectivity index is 1.31. The number of carbonyl (C=O) groups is 1. The summed E-state index contributed by atoms with van der Waals surface area (Å²) in [5, 5.41) is 4.08. The van der Waals surface area contributed by atoms with Crippen molar-refractivity contribution in [3.8, 4) is 0 Å². The number of hydrogen-bond donors (Lipinski definition) is 1. The number of oxazole rings is 1. The summed E-state index contributed by atoms with van der Waals surface area (Å²) in [6.45, 7) is 1.47.